The molecule has 0 amide bonds. The van der Waals surface area contributed by atoms with E-state index in [2.05, 4.69) is 10.2 Å². The van der Waals surface area contributed by atoms with Crippen molar-refractivity contribution in [3.05, 3.63) is 59.1 Å². The molecule has 5 nitrogen and oxygen atoms in total. The number of hydrogen-bond acceptors (Lipinski definition) is 5. The van der Waals surface area contributed by atoms with Crippen LogP contribution in [-0.2, 0) is 5.75 Å². The maximum atomic E-state index is 6.19. The van der Waals surface area contributed by atoms with Gasteiger partial charge in [-0.25, -0.2) is 4.68 Å². The van der Waals surface area contributed by atoms with E-state index in [1.165, 1.54) is 16.4 Å². The summed E-state index contributed by atoms with van der Waals surface area (Å²) in [4.78, 5) is 0. The number of aromatic nitrogens is 3. The summed E-state index contributed by atoms with van der Waals surface area (Å²) in [6.45, 7) is 0. The van der Waals surface area contributed by atoms with Gasteiger partial charge in [-0.3, -0.25) is 0 Å². The van der Waals surface area contributed by atoms with Crippen molar-refractivity contribution in [2.45, 2.75) is 10.9 Å². The topological polar surface area (TPSA) is 66.0 Å². The molecule has 0 radical (unpaired) electrons. The molecule has 0 atom stereocenters. The number of benzene rings is 2. The average molecular weight is 347 g/mol. The van der Waals surface area contributed by atoms with Crippen LogP contribution in [0.5, 0.6) is 5.75 Å². The Balaban J connectivity index is 1.78. The number of ether oxygens (including phenoxy) is 1. The van der Waals surface area contributed by atoms with Gasteiger partial charge in [0.15, 0.2) is 5.82 Å². The van der Waals surface area contributed by atoms with E-state index in [9.17, 15) is 0 Å². The van der Waals surface area contributed by atoms with Crippen LogP contribution in [-0.4, -0.2) is 22.0 Å². The Hall–Kier alpha value is -2.18. The number of nitrogens with zero attached hydrogens (tertiary/aromatic N) is 3. The highest BCUT2D eigenvalue weighted by Gasteiger charge is 2.14. The van der Waals surface area contributed by atoms with Crippen LogP contribution in [0, 0.1) is 0 Å². The SMILES string of the molecule is COc1cccc(CSc2nnc(-c3ccccc3Cl)n2N)c1. The number of nitrogens with two attached hydrogens (primary N) is 1. The van der Waals surface area contributed by atoms with Gasteiger partial charge in [0.25, 0.3) is 0 Å². The van der Waals surface area contributed by atoms with E-state index >= 15 is 0 Å². The van der Waals surface area contributed by atoms with E-state index in [1.54, 1.807) is 13.2 Å². The van der Waals surface area contributed by atoms with Gasteiger partial charge in [-0.1, -0.05) is 47.6 Å². The minimum Gasteiger partial charge on any atom is -0.497 e. The summed E-state index contributed by atoms with van der Waals surface area (Å²) in [5.74, 6) is 8.20. The van der Waals surface area contributed by atoms with Gasteiger partial charge in [-0.05, 0) is 29.8 Å². The Kier molecular flexibility index (Phi) is 4.73. The third-order valence-corrected chi connectivity index (χ3v) is 4.63. The molecule has 3 aromatic rings. The van der Waals surface area contributed by atoms with Crippen molar-refractivity contribution in [1.82, 2.24) is 14.9 Å². The summed E-state index contributed by atoms with van der Waals surface area (Å²) in [6, 6.07) is 15.3. The lowest BCUT2D eigenvalue weighted by Gasteiger charge is -2.06. The average Bonchev–Trinajstić information content (AvgIpc) is 2.94. The highest BCUT2D eigenvalue weighted by molar-refractivity contribution is 7.98. The molecular weight excluding hydrogens is 332 g/mol. The first-order valence-electron chi connectivity index (χ1n) is 6.90. The molecule has 0 saturated heterocycles. The predicted molar refractivity (Wildman–Crippen MR) is 93.2 cm³/mol. The first kappa shape index (κ1) is 15.7. The standard InChI is InChI=1S/C16H15ClN4OS/c1-22-12-6-4-5-11(9-12)10-23-16-20-19-15(21(16)18)13-7-2-3-8-14(13)17/h2-9H,10,18H2,1H3. The minimum absolute atomic E-state index is 0.545. The Morgan fingerprint density at radius 3 is 2.78 bits per heavy atom. The largest absolute Gasteiger partial charge is 0.497 e. The first-order valence-corrected chi connectivity index (χ1v) is 8.26. The number of methoxy groups -OCH3 is 1. The van der Waals surface area contributed by atoms with Crippen LogP contribution in [0.3, 0.4) is 0 Å². The van der Waals surface area contributed by atoms with Crippen LogP contribution in [0.2, 0.25) is 5.02 Å². The van der Waals surface area contributed by atoms with E-state index in [4.69, 9.17) is 22.2 Å². The van der Waals surface area contributed by atoms with E-state index < -0.39 is 0 Å². The molecular formula is C16H15ClN4OS. The van der Waals surface area contributed by atoms with Gasteiger partial charge >= 0.3 is 0 Å². The fraction of sp³-hybridized carbons (Fsp3) is 0.125. The van der Waals surface area contributed by atoms with Crippen molar-refractivity contribution in [3.8, 4) is 17.1 Å². The molecule has 3 rings (SSSR count). The third kappa shape index (κ3) is 3.43. The van der Waals surface area contributed by atoms with Crippen molar-refractivity contribution < 1.29 is 4.74 Å². The minimum atomic E-state index is 0.545. The summed E-state index contributed by atoms with van der Waals surface area (Å²) in [5.41, 5.74) is 1.88. The van der Waals surface area contributed by atoms with Gasteiger partial charge in [-0.15, -0.1) is 10.2 Å². The quantitative estimate of drug-likeness (QED) is 0.564. The van der Waals surface area contributed by atoms with Gasteiger partial charge in [0, 0.05) is 11.3 Å². The van der Waals surface area contributed by atoms with E-state index in [0.29, 0.717) is 16.0 Å². The zero-order valence-corrected chi connectivity index (χ0v) is 14.0. The van der Waals surface area contributed by atoms with Crippen LogP contribution in [0.15, 0.2) is 53.7 Å². The molecule has 118 valence electrons. The second kappa shape index (κ2) is 6.93. The van der Waals surface area contributed by atoms with Gasteiger partial charge < -0.3 is 10.6 Å². The lowest BCUT2D eigenvalue weighted by molar-refractivity contribution is 0.414. The highest BCUT2D eigenvalue weighted by Crippen LogP contribution is 2.29. The highest BCUT2D eigenvalue weighted by atomic mass is 35.5. The first-order chi connectivity index (χ1) is 11.2. The van der Waals surface area contributed by atoms with Crippen molar-refractivity contribution >= 4 is 23.4 Å². The van der Waals surface area contributed by atoms with Crippen molar-refractivity contribution in [3.63, 3.8) is 0 Å². The normalized spacial score (nSPS) is 10.7. The van der Waals surface area contributed by atoms with Crippen LogP contribution in [0.4, 0.5) is 0 Å². The van der Waals surface area contributed by atoms with Crippen LogP contribution in [0.25, 0.3) is 11.4 Å². The predicted octanol–water partition coefficient (Wildman–Crippen LogP) is 3.61. The lowest BCUT2D eigenvalue weighted by atomic mass is 10.2. The Bertz CT molecular complexity index is 821. The molecule has 0 saturated carbocycles. The molecule has 1 aromatic heterocycles. The van der Waals surface area contributed by atoms with Crippen molar-refractivity contribution in [1.29, 1.82) is 0 Å². The summed E-state index contributed by atoms with van der Waals surface area (Å²) in [6.07, 6.45) is 0. The number of hydrogen-bond donors (Lipinski definition) is 1. The smallest absolute Gasteiger partial charge is 0.210 e. The van der Waals surface area contributed by atoms with E-state index in [-0.39, 0.29) is 0 Å². The molecule has 0 bridgehead atoms. The van der Waals surface area contributed by atoms with Crippen molar-refractivity contribution in [2.24, 2.45) is 0 Å². The lowest BCUT2D eigenvalue weighted by Crippen LogP contribution is -2.11. The fourth-order valence-corrected chi connectivity index (χ4v) is 3.13. The van der Waals surface area contributed by atoms with Crippen LogP contribution < -0.4 is 10.6 Å². The molecule has 2 N–H and O–H groups in total. The maximum Gasteiger partial charge on any atom is 0.210 e. The summed E-state index contributed by atoms with van der Waals surface area (Å²) in [7, 11) is 1.65. The number of nitrogen functional groups attached to an aromatic ring is 1. The number of halogens is 1. The van der Waals surface area contributed by atoms with Crippen LogP contribution in [0.1, 0.15) is 5.56 Å². The number of rotatable bonds is 5. The molecule has 2 aromatic carbocycles. The zero-order valence-electron chi connectivity index (χ0n) is 12.4. The summed E-state index contributed by atoms with van der Waals surface area (Å²) in [5, 5.41) is 9.52. The number of thioether (sulfide) groups is 1. The zero-order chi connectivity index (χ0) is 16.2. The molecule has 0 fully saturated rings. The van der Waals surface area contributed by atoms with E-state index in [0.717, 1.165) is 22.6 Å². The third-order valence-electron chi connectivity index (χ3n) is 3.28. The van der Waals surface area contributed by atoms with Gasteiger partial charge in [0.1, 0.15) is 5.75 Å². The molecule has 0 aliphatic heterocycles. The molecule has 7 heteroatoms. The molecule has 0 aliphatic carbocycles. The summed E-state index contributed by atoms with van der Waals surface area (Å²) >= 11 is 7.70. The molecule has 1 heterocycles. The second-order valence-corrected chi connectivity index (χ2v) is 6.15. The fourth-order valence-electron chi connectivity index (χ4n) is 2.11. The van der Waals surface area contributed by atoms with Gasteiger partial charge in [0.05, 0.1) is 12.1 Å². The Morgan fingerprint density at radius 2 is 2.00 bits per heavy atom. The molecule has 23 heavy (non-hydrogen) atoms. The molecule has 0 spiro atoms. The molecule has 0 unspecified atom stereocenters. The van der Waals surface area contributed by atoms with Gasteiger partial charge in [0.2, 0.25) is 5.16 Å². The van der Waals surface area contributed by atoms with E-state index in [1.807, 2.05) is 42.5 Å². The van der Waals surface area contributed by atoms with Crippen LogP contribution >= 0.6 is 23.4 Å². The van der Waals surface area contributed by atoms with Gasteiger partial charge in [-0.2, -0.15) is 0 Å². The maximum absolute atomic E-state index is 6.19. The second-order valence-electron chi connectivity index (χ2n) is 4.80. The Morgan fingerprint density at radius 1 is 1.17 bits per heavy atom. The monoisotopic (exact) mass is 346 g/mol. The summed E-state index contributed by atoms with van der Waals surface area (Å²) < 4.78 is 6.69. The Labute approximate surface area is 143 Å². The molecule has 0 aliphatic rings. The van der Waals surface area contributed by atoms with Crippen molar-refractivity contribution in [2.75, 3.05) is 13.0 Å².